The molecule has 12 unspecified atom stereocenters. The fourth-order valence-corrected chi connectivity index (χ4v) is 13.3. The van der Waals surface area contributed by atoms with Gasteiger partial charge in [0, 0.05) is 6.42 Å². The molecule has 2 heterocycles. The van der Waals surface area contributed by atoms with Crippen LogP contribution in [0, 0.1) is 0 Å². The van der Waals surface area contributed by atoms with Gasteiger partial charge >= 0.3 is 0 Å². The smallest absolute Gasteiger partial charge is 0.220 e. The Kier molecular flexibility index (Phi) is 62.2. The summed E-state index contributed by atoms with van der Waals surface area (Å²) >= 11 is 0. The van der Waals surface area contributed by atoms with Gasteiger partial charge in [-0.2, -0.15) is 0 Å². The number of nitrogens with one attached hydrogen (secondary N) is 1. The molecule has 2 aliphatic rings. The second-order valence-electron chi connectivity index (χ2n) is 28.5. The number of allylic oxidation sites excluding steroid dienone is 12. The lowest BCUT2D eigenvalue weighted by molar-refractivity contribution is -0.359. The van der Waals surface area contributed by atoms with Crippen molar-refractivity contribution in [2.24, 2.45) is 0 Å². The Labute approximate surface area is 593 Å². The van der Waals surface area contributed by atoms with E-state index < -0.39 is 86.8 Å². The van der Waals surface area contributed by atoms with Gasteiger partial charge in [-0.1, -0.05) is 356 Å². The van der Waals surface area contributed by atoms with Gasteiger partial charge in [0.1, 0.15) is 48.8 Å². The summed E-state index contributed by atoms with van der Waals surface area (Å²) in [5.41, 5.74) is 0. The topological polar surface area (TPSA) is 228 Å². The second kappa shape index (κ2) is 66.7. The van der Waals surface area contributed by atoms with E-state index in [1.165, 1.54) is 231 Å². The van der Waals surface area contributed by atoms with Crippen molar-refractivity contribution in [1.29, 1.82) is 0 Å². The van der Waals surface area contributed by atoms with Crippen LogP contribution in [0.3, 0.4) is 0 Å². The van der Waals surface area contributed by atoms with E-state index in [2.05, 4.69) is 92.1 Å². The molecular weight excluding hydrogens is 1220 g/mol. The molecular formula is C83H151NO13. The van der Waals surface area contributed by atoms with Gasteiger partial charge in [-0.25, -0.2) is 0 Å². The Morgan fingerprint density at radius 2 is 0.711 bits per heavy atom. The monoisotopic (exact) mass is 1370 g/mol. The number of unbranched alkanes of at least 4 members (excludes halogenated alkanes) is 43. The van der Waals surface area contributed by atoms with Gasteiger partial charge in [0.2, 0.25) is 5.91 Å². The van der Waals surface area contributed by atoms with Crippen LogP contribution in [0.2, 0.25) is 0 Å². The molecule has 14 heteroatoms. The lowest BCUT2D eigenvalue weighted by Crippen LogP contribution is -2.65. The van der Waals surface area contributed by atoms with Crippen LogP contribution in [0.15, 0.2) is 72.9 Å². The van der Waals surface area contributed by atoms with Gasteiger partial charge in [-0.05, 0) is 64.2 Å². The van der Waals surface area contributed by atoms with E-state index in [1.807, 2.05) is 0 Å². The SMILES string of the molecule is CC/C=C\C/C=C\C/C=C\C/C=C\C/C=C\C/C=C\CCCCCCCCCCCCCCC(=O)NC(COC1OC(CO)C(OC2OC(CO)C(O)C(O)C2O)C(O)C1O)C(O)CCCCCCCCCCCCCCCCCCCCCCCCCCCCCCCCCC. The summed E-state index contributed by atoms with van der Waals surface area (Å²) in [6.07, 6.45) is 75.1. The van der Waals surface area contributed by atoms with Crippen molar-refractivity contribution in [1.82, 2.24) is 5.32 Å². The van der Waals surface area contributed by atoms with Crippen LogP contribution in [-0.4, -0.2) is 140 Å². The van der Waals surface area contributed by atoms with Gasteiger partial charge < -0.3 is 65.1 Å². The average molecular weight is 1370 g/mol. The predicted molar refractivity (Wildman–Crippen MR) is 401 cm³/mol. The molecule has 9 N–H and O–H groups in total. The molecule has 0 radical (unpaired) electrons. The maximum atomic E-state index is 13.4. The summed E-state index contributed by atoms with van der Waals surface area (Å²) in [6.45, 7) is 2.80. The third kappa shape index (κ3) is 49.6. The third-order valence-electron chi connectivity index (χ3n) is 19.7. The largest absolute Gasteiger partial charge is 0.394 e. The molecule has 14 nitrogen and oxygen atoms in total. The zero-order valence-corrected chi connectivity index (χ0v) is 62.1. The summed E-state index contributed by atoms with van der Waals surface area (Å²) in [7, 11) is 0. The maximum absolute atomic E-state index is 13.4. The van der Waals surface area contributed by atoms with Gasteiger partial charge in [0.15, 0.2) is 12.6 Å². The summed E-state index contributed by atoms with van der Waals surface area (Å²) in [6, 6.07) is -0.836. The number of carbonyl (C=O) groups is 1. The van der Waals surface area contributed by atoms with Crippen molar-refractivity contribution in [2.45, 2.75) is 428 Å². The van der Waals surface area contributed by atoms with E-state index in [9.17, 15) is 45.6 Å². The first-order valence-electron chi connectivity index (χ1n) is 40.7. The fraction of sp³-hybridized carbons (Fsp3) is 0.843. The van der Waals surface area contributed by atoms with Crippen LogP contribution in [-0.2, 0) is 23.7 Å². The molecule has 97 heavy (non-hydrogen) atoms. The highest BCUT2D eigenvalue weighted by Crippen LogP contribution is 2.30. The number of aliphatic hydroxyl groups is 8. The van der Waals surface area contributed by atoms with Gasteiger partial charge in [-0.3, -0.25) is 4.79 Å². The minimum absolute atomic E-state index is 0.206. The Hall–Kier alpha value is -2.57. The van der Waals surface area contributed by atoms with Crippen LogP contribution in [0.4, 0.5) is 0 Å². The molecule has 0 aromatic carbocycles. The number of hydrogen-bond donors (Lipinski definition) is 9. The maximum Gasteiger partial charge on any atom is 0.220 e. The first kappa shape index (κ1) is 90.5. The Morgan fingerprint density at radius 1 is 0.381 bits per heavy atom. The van der Waals surface area contributed by atoms with Crippen LogP contribution < -0.4 is 5.32 Å². The number of ether oxygens (including phenoxy) is 4. The lowest BCUT2D eigenvalue weighted by atomic mass is 9.97. The summed E-state index contributed by atoms with van der Waals surface area (Å²) < 4.78 is 23.0. The number of amides is 1. The summed E-state index contributed by atoms with van der Waals surface area (Å²) in [5.74, 6) is -0.206. The van der Waals surface area contributed by atoms with Crippen LogP contribution in [0.25, 0.3) is 0 Å². The highest BCUT2D eigenvalue weighted by atomic mass is 16.7. The minimum Gasteiger partial charge on any atom is -0.394 e. The van der Waals surface area contributed by atoms with Crippen molar-refractivity contribution < 1.29 is 64.6 Å². The molecule has 2 rings (SSSR count). The van der Waals surface area contributed by atoms with Crippen molar-refractivity contribution in [2.75, 3.05) is 19.8 Å². The second-order valence-corrected chi connectivity index (χ2v) is 28.5. The Balaban J connectivity index is 1.61. The van der Waals surface area contributed by atoms with Crippen LogP contribution >= 0.6 is 0 Å². The Morgan fingerprint density at radius 3 is 1.09 bits per heavy atom. The van der Waals surface area contributed by atoms with Crippen LogP contribution in [0.1, 0.15) is 354 Å². The molecule has 2 fully saturated rings. The first-order chi connectivity index (χ1) is 47.6. The standard InChI is InChI=1S/C83H151NO13/c1-3-5-7-9-11-13-15-17-19-21-23-25-27-29-31-33-35-37-38-40-42-44-46-48-50-52-54-56-58-60-62-64-66-72(87)71(70-94-82-80(93)78(91)81(74(69-86)96-82)97-83-79(92)77(90)76(89)73(68-85)95-83)84-75(88)67-65-63-61-59-57-55-53-51-49-47-45-43-41-39-36-34-32-30-28-26-24-22-20-18-16-14-12-10-8-6-4-2/h6,8,12,14,18,20,24,26,30,32,36,39,71-74,76-83,85-87,89-93H,3-5,7,9-11,13,15-17,19,21-23,25,27-29,31,33-35,37-38,40-70H2,1-2H3,(H,84,88)/b8-6-,14-12-,20-18-,26-24-,32-30-,39-36-. The molecule has 0 aromatic rings. The molecule has 2 aliphatic heterocycles. The lowest BCUT2D eigenvalue weighted by Gasteiger charge is -2.46. The number of aliphatic hydroxyl groups excluding tert-OH is 8. The molecule has 0 spiro atoms. The normalized spacial score (nSPS) is 22.5. The van der Waals surface area contributed by atoms with E-state index in [-0.39, 0.29) is 12.5 Å². The summed E-state index contributed by atoms with van der Waals surface area (Å²) in [4.78, 5) is 13.4. The number of hydrogen-bond acceptors (Lipinski definition) is 13. The van der Waals surface area contributed by atoms with E-state index in [4.69, 9.17) is 18.9 Å². The highest BCUT2D eigenvalue weighted by molar-refractivity contribution is 5.76. The molecule has 0 saturated carbocycles. The quantitative estimate of drug-likeness (QED) is 0.0204. The van der Waals surface area contributed by atoms with Crippen LogP contribution in [0.5, 0.6) is 0 Å². The molecule has 12 atom stereocenters. The van der Waals surface area contributed by atoms with E-state index >= 15 is 0 Å². The van der Waals surface area contributed by atoms with E-state index in [0.29, 0.717) is 12.8 Å². The van der Waals surface area contributed by atoms with Crippen molar-refractivity contribution >= 4 is 5.91 Å². The highest BCUT2D eigenvalue weighted by Gasteiger charge is 2.51. The zero-order valence-electron chi connectivity index (χ0n) is 62.1. The molecule has 0 aliphatic carbocycles. The molecule has 566 valence electrons. The minimum atomic E-state index is -1.79. The molecule has 0 aromatic heterocycles. The predicted octanol–water partition coefficient (Wildman–Crippen LogP) is 18.5. The van der Waals surface area contributed by atoms with E-state index in [1.54, 1.807) is 0 Å². The first-order valence-corrected chi connectivity index (χ1v) is 40.7. The van der Waals surface area contributed by atoms with Gasteiger partial charge in [0.25, 0.3) is 0 Å². The third-order valence-corrected chi connectivity index (χ3v) is 19.7. The van der Waals surface area contributed by atoms with Crippen molar-refractivity contribution in [3.05, 3.63) is 72.9 Å². The van der Waals surface area contributed by atoms with Gasteiger partial charge in [0.05, 0.1) is 32.0 Å². The fourth-order valence-electron chi connectivity index (χ4n) is 13.3. The number of carbonyl (C=O) groups excluding carboxylic acids is 1. The molecule has 0 bridgehead atoms. The Bertz CT molecular complexity index is 1910. The van der Waals surface area contributed by atoms with Crippen molar-refractivity contribution in [3.8, 4) is 0 Å². The molecule has 2 saturated heterocycles. The summed E-state index contributed by atoms with van der Waals surface area (Å²) in [5, 5.41) is 87.9. The van der Waals surface area contributed by atoms with Gasteiger partial charge in [-0.15, -0.1) is 0 Å². The van der Waals surface area contributed by atoms with E-state index in [0.717, 1.165) is 96.3 Å². The average Bonchev–Trinajstić information content (AvgIpc) is 0.794. The van der Waals surface area contributed by atoms with Crippen molar-refractivity contribution in [3.63, 3.8) is 0 Å². The number of rotatable bonds is 68. The zero-order chi connectivity index (χ0) is 70.1. The molecule has 1 amide bonds.